The predicted octanol–water partition coefficient (Wildman–Crippen LogP) is 5.29. The van der Waals surface area contributed by atoms with Crippen LogP contribution >= 0.6 is 0 Å². The summed E-state index contributed by atoms with van der Waals surface area (Å²) in [6.45, 7) is 4.31. The fourth-order valence-corrected chi connectivity index (χ4v) is 3.09. The van der Waals surface area contributed by atoms with E-state index in [0.717, 1.165) is 18.5 Å². The Morgan fingerprint density at radius 2 is 1.26 bits per heavy atom. The second-order valence-electron chi connectivity index (χ2n) is 6.46. The van der Waals surface area contributed by atoms with Crippen LogP contribution in [0.15, 0.2) is 66.7 Å². The van der Waals surface area contributed by atoms with E-state index in [1.165, 1.54) is 33.4 Å². The van der Waals surface area contributed by atoms with Gasteiger partial charge in [-0.15, -0.1) is 0 Å². The van der Waals surface area contributed by atoms with Crippen LogP contribution in [0.2, 0.25) is 0 Å². The molecule has 0 radical (unpaired) electrons. The predicted molar refractivity (Wildman–Crippen MR) is 109 cm³/mol. The van der Waals surface area contributed by atoms with Crippen LogP contribution in [-0.4, -0.2) is 16.4 Å². The molecule has 3 rings (SSSR count). The maximum atomic E-state index is 8.56. The van der Waals surface area contributed by atoms with Crippen LogP contribution in [0.4, 0.5) is 10.5 Å². The maximum Gasteiger partial charge on any atom is 0.503 e. The number of anilines is 1. The fourth-order valence-electron chi connectivity index (χ4n) is 3.09. The monoisotopic (exact) mass is 363 g/mol. The standard InChI is InChI=1S/C22H23N.CH2O3/c1-16-17(2)22(23)15-20(13-18-9-5-3-6-10-18)21(16)14-19-11-7-4-8-12-19;2-1(3)4/h3-12,15H,13-14,23H2,1-2H3;(H2,2,3,4). The molecule has 27 heavy (non-hydrogen) atoms. The summed E-state index contributed by atoms with van der Waals surface area (Å²) in [4.78, 5) is 8.56. The minimum Gasteiger partial charge on any atom is -0.450 e. The van der Waals surface area contributed by atoms with Gasteiger partial charge >= 0.3 is 6.16 Å². The Kier molecular flexibility index (Phi) is 7.00. The van der Waals surface area contributed by atoms with Gasteiger partial charge in [0, 0.05) is 5.69 Å². The first kappa shape index (κ1) is 20.0. The minimum absolute atomic E-state index is 0.894. The average Bonchev–Trinajstić information content (AvgIpc) is 2.64. The Bertz CT molecular complexity index is 887. The molecule has 3 aromatic carbocycles. The van der Waals surface area contributed by atoms with E-state index in [-0.39, 0.29) is 0 Å². The molecule has 0 heterocycles. The van der Waals surface area contributed by atoms with Crippen LogP contribution < -0.4 is 5.73 Å². The first-order valence-corrected chi connectivity index (χ1v) is 8.75. The largest absolute Gasteiger partial charge is 0.503 e. The summed E-state index contributed by atoms with van der Waals surface area (Å²) < 4.78 is 0. The summed E-state index contributed by atoms with van der Waals surface area (Å²) in [5.41, 5.74) is 15.1. The first-order valence-electron chi connectivity index (χ1n) is 8.75. The van der Waals surface area contributed by atoms with Gasteiger partial charge in [-0.2, -0.15) is 0 Å². The van der Waals surface area contributed by atoms with Crippen LogP contribution in [0.3, 0.4) is 0 Å². The van der Waals surface area contributed by atoms with E-state index < -0.39 is 6.16 Å². The van der Waals surface area contributed by atoms with Crippen molar-refractivity contribution >= 4 is 11.8 Å². The average molecular weight is 363 g/mol. The van der Waals surface area contributed by atoms with Gasteiger partial charge in [-0.3, -0.25) is 0 Å². The van der Waals surface area contributed by atoms with Crippen LogP contribution in [0, 0.1) is 13.8 Å². The van der Waals surface area contributed by atoms with E-state index in [0.29, 0.717) is 0 Å². The van der Waals surface area contributed by atoms with Crippen LogP contribution in [0.1, 0.15) is 33.4 Å². The first-order chi connectivity index (χ1) is 12.9. The Labute approximate surface area is 159 Å². The Balaban J connectivity index is 0.000000596. The Hall–Kier alpha value is -3.27. The molecule has 0 saturated heterocycles. The number of carbonyl (C=O) groups is 1. The summed E-state index contributed by atoms with van der Waals surface area (Å²) in [6, 6.07) is 23.4. The number of nitrogen functional groups attached to an aromatic ring is 1. The fraction of sp³-hybridized carbons (Fsp3) is 0.174. The summed E-state index contributed by atoms with van der Waals surface area (Å²) in [5, 5.41) is 13.9. The zero-order valence-electron chi connectivity index (χ0n) is 15.6. The lowest BCUT2D eigenvalue weighted by molar-refractivity contribution is 0.137. The van der Waals surface area contributed by atoms with Crippen molar-refractivity contribution in [3.8, 4) is 0 Å². The minimum atomic E-state index is -1.83. The van der Waals surface area contributed by atoms with Crippen LogP contribution in [-0.2, 0) is 12.8 Å². The quantitative estimate of drug-likeness (QED) is 0.550. The van der Waals surface area contributed by atoms with Gasteiger partial charge in [-0.05, 0) is 66.1 Å². The van der Waals surface area contributed by atoms with E-state index in [4.69, 9.17) is 20.7 Å². The van der Waals surface area contributed by atoms with Gasteiger partial charge in [0.1, 0.15) is 0 Å². The lowest BCUT2D eigenvalue weighted by Crippen LogP contribution is -2.05. The normalized spacial score (nSPS) is 10.0. The molecule has 3 aromatic rings. The topological polar surface area (TPSA) is 83.6 Å². The maximum absolute atomic E-state index is 8.56. The summed E-state index contributed by atoms with van der Waals surface area (Å²) in [7, 11) is 0. The molecule has 0 bridgehead atoms. The molecule has 0 aliphatic heterocycles. The van der Waals surface area contributed by atoms with E-state index >= 15 is 0 Å². The number of carboxylic acid groups (broad SMARTS) is 2. The third kappa shape index (κ3) is 5.89. The molecular weight excluding hydrogens is 338 g/mol. The van der Waals surface area contributed by atoms with Gasteiger partial charge in [0.05, 0.1) is 0 Å². The van der Waals surface area contributed by atoms with Gasteiger partial charge in [-0.1, -0.05) is 60.7 Å². The van der Waals surface area contributed by atoms with Crippen molar-refractivity contribution in [1.82, 2.24) is 0 Å². The van der Waals surface area contributed by atoms with Gasteiger partial charge in [0.2, 0.25) is 0 Å². The molecule has 140 valence electrons. The van der Waals surface area contributed by atoms with Crippen molar-refractivity contribution in [2.24, 2.45) is 0 Å². The highest BCUT2D eigenvalue weighted by Crippen LogP contribution is 2.28. The third-order valence-corrected chi connectivity index (χ3v) is 4.63. The SMILES string of the molecule is Cc1c(N)cc(Cc2ccccc2)c(Cc2ccccc2)c1C.O=C(O)O. The highest BCUT2D eigenvalue weighted by molar-refractivity contribution is 5.58. The molecule has 4 nitrogen and oxygen atoms in total. The van der Waals surface area contributed by atoms with Crippen molar-refractivity contribution in [2.75, 3.05) is 5.73 Å². The number of hydrogen-bond acceptors (Lipinski definition) is 2. The molecule has 0 unspecified atom stereocenters. The highest BCUT2D eigenvalue weighted by Gasteiger charge is 2.12. The van der Waals surface area contributed by atoms with Gasteiger partial charge < -0.3 is 15.9 Å². The van der Waals surface area contributed by atoms with E-state index in [1.807, 2.05) is 0 Å². The second kappa shape index (κ2) is 9.43. The zero-order chi connectivity index (χ0) is 19.8. The molecule has 0 aliphatic carbocycles. The lowest BCUT2D eigenvalue weighted by atomic mass is 9.88. The van der Waals surface area contributed by atoms with Crippen LogP contribution in [0.25, 0.3) is 0 Å². The number of nitrogens with two attached hydrogens (primary N) is 1. The van der Waals surface area contributed by atoms with Crippen molar-refractivity contribution < 1.29 is 15.0 Å². The molecule has 0 saturated carbocycles. The van der Waals surface area contributed by atoms with E-state index in [9.17, 15) is 0 Å². The van der Waals surface area contributed by atoms with Crippen LogP contribution in [0.5, 0.6) is 0 Å². The molecule has 0 aliphatic rings. The molecule has 0 spiro atoms. The van der Waals surface area contributed by atoms with Crippen molar-refractivity contribution in [2.45, 2.75) is 26.7 Å². The van der Waals surface area contributed by atoms with Gasteiger partial charge in [0.25, 0.3) is 0 Å². The Morgan fingerprint density at radius 3 is 1.74 bits per heavy atom. The molecule has 4 heteroatoms. The molecule has 0 atom stereocenters. The van der Waals surface area contributed by atoms with E-state index in [2.05, 4.69) is 80.6 Å². The molecule has 0 fully saturated rings. The zero-order valence-corrected chi connectivity index (χ0v) is 15.6. The van der Waals surface area contributed by atoms with Gasteiger partial charge in [0.15, 0.2) is 0 Å². The smallest absolute Gasteiger partial charge is 0.450 e. The third-order valence-electron chi connectivity index (χ3n) is 4.63. The molecule has 4 N–H and O–H groups in total. The van der Waals surface area contributed by atoms with Crippen molar-refractivity contribution in [3.63, 3.8) is 0 Å². The second-order valence-corrected chi connectivity index (χ2v) is 6.46. The summed E-state index contributed by atoms with van der Waals surface area (Å²) >= 11 is 0. The van der Waals surface area contributed by atoms with Crippen molar-refractivity contribution in [3.05, 3.63) is 100 Å². The molecule has 0 amide bonds. The Morgan fingerprint density at radius 1 is 0.815 bits per heavy atom. The van der Waals surface area contributed by atoms with E-state index in [1.54, 1.807) is 0 Å². The van der Waals surface area contributed by atoms with Crippen molar-refractivity contribution in [1.29, 1.82) is 0 Å². The highest BCUT2D eigenvalue weighted by atomic mass is 16.6. The molecular formula is C23H25NO3. The van der Waals surface area contributed by atoms with Gasteiger partial charge in [-0.25, -0.2) is 4.79 Å². The number of rotatable bonds is 4. The number of hydrogen-bond donors (Lipinski definition) is 3. The summed E-state index contributed by atoms with van der Waals surface area (Å²) in [5.74, 6) is 0. The molecule has 0 aromatic heterocycles. The lowest BCUT2D eigenvalue weighted by Gasteiger charge is -2.17. The summed E-state index contributed by atoms with van der Waals surface area (Å²) in [6.07, 6.45) is 0.0459. The number of benzene rings is 3.